The van der Waals surface area contributed by atoms with Crippen molar-refractivity contribution in [3.8, 4) is 6.07 Å². The molecule has 0 aromatic carbocycles. The Morgan fingerprint density at radius 2 is 2.00 bits per heavy atom. The number of likely N-dealkylation sites (tertiary alicyclic amines) is 1. The van der Waals surface area contributed by atoms with Gasteiger partial charge in [0.1, 0.15) is 0 Å². The molecule has 0 saturated carbocycles. The molecule has 0 aliphatic carbocycles. The molecule has 2 aliphatic rings. The van der Waals surface area contributed by atoms with Crippen LogP contribution >= 0.6 is 11.8 Å². The average molecular weight is 194 g/mol. The Balaban J connectivity index is 2.10. The molecule has 0 atom stereocenters. The number of hydrogen-bond acceptors (Lipinski definition) is 3. The lowest BCUT2D eigenvalue weighted by molar-refractivity contribution is 0.301. The normalized spacial score (nSPS) is 23.5. The van der Waals surface area contributed by atoms with Gasteiger partial charge in [0.05, 0.1) is 16.7 Å². The summed E-state index contributed by atoms with van der Waals surface area (Å²) in [4.78, 5) is 2.40. The first kappa shape index (κ1) is 8.96. The van der Waals surface area contributed by atoms with E-state index < -0.39 is 0 Å². The molecule has 1 fully saturated rings. The molecule has 0 aromatic rings. The summed E-state index contributed by atoms with van der Waals surface area (Å²) in [6, 6.07) is 2.33. The molecule has 70 valence electrons. The van der Waals surface area contributed by atoms with E-state index in [1.165, 1.54) is 24.3 Å². The summed E-state index contributed by atoms with van der Waals surface area (Å²) < 4.78 is 0. The lowest BCUT2D eigenvalue weighted by Crippen LogP contribution is -2.27. The van der Waals surface area contributed by atoms with Crippen LogP contribution in [0.5, 0.6) is 0 Å². The van der Waals surface area contributed by atoms with E-state index in [9.17, 15) is 0 Å². The van der Waals surface area contributed by atoms with Crippen molar-refractivity contribution >= 4 is 11.8 Å². The van der Waals surface area contributed by atoms with Crippen molar-refractivity contribution in [1.29, 1.82) is 5.26 Å². The standard InChI is InChI=1S/C10H14N2S/c11-8-9-4-7-13-10(9)12-5-2-1-3-6-12/h1-7H2. The number of nitriles is 1. The van der Waals surface area contributed by atoms with Crippen LogP contribution in [0.3, 0.4) is 0 Å². The van der Waals surface area contributed by atoms with Crippen LogP contribution in [-0.2, 0) is 0 Å². The van der Waals surface area contributed by atoms with Gasteiger partial charge in [0.25, 0.3) is 0 Å². The highest BCUT2D eigenvalue weighted by Gasteiger charge is 2.21. The lowest BCUT2D eigenvalue weighted by atomic mass is 10.1. The van der Waals surface area contributed by atoms with Gasteiger partial charge in [-0.15, -0.1) is 11.8 Å². The van der Waals surface area contributed by atoms with Crippen LogP contribution in [0.1, 0.15) is 25.7 Å². The summed E-state index contributed by atoms with van der Waals surface area (Å²) in [5, 5.41) is 10.2. The predicted octanol–water partition coefficient (Wildman–Crippen LogP) is 2.34. The van der Waals surface area contributed by atoms with Gasteiger partial charge < -0.3 is 4.90 Å². The minimum atomic E-state index is 0.979. The first-order chi connectivity index (χ1) is 6.42. The molecule has 0 spiro atoms. The molecule has 13 heavy (non-hydrogen) atoms. The van der Waals surface area contributed by atoms with Gasteiger partial charge in [-0.25, -0.2) is 0 Å². The van der Waals surface area contributed by atoms with Crippen molar-refractivity contribution in [3.63, 3.8) is 0 Å². The van der Waals surface area contributed by atoms with E-state index in [1.807, 2.05) is 11.8 Å². The largest absolute Gasteiger partial charge is 0.366 e. The zero-order valence-electron chi connectivity index (χ0n) is 7.75. The molecule has 0 N–H and O–H groups in total. The molecule has 0 amide bonds. The number of nitrogens with zero attached hydrogens (tertiary/aromatic N) is 2. The minimum Gasteiger partial charge on any atom is -0.366 e. The SMILES string of the molecule is N#CC1=C(N2CCCCC2)SCC1. The number of piperidine rings is 1. The molecule has 0 bridgehead atoms. The van der Waals surface area contributed by atoms with Crippen molar-refractivity contribution in [1.82, 2.24) is 4.90 Å². The van der Waals surface area contributed by atoms with E-state index >= 15 is 0 Å². The second-order valence-corrected chi connectivity index (χ2v) is 4.63. The van der Waals surface area contributed by atoms with E-state index in [4.69, 9.17) is 5.26 Å². The first-order valence-electron chi connectivity index (χ1n) is 4.93. The van der Waals surface area contributed by atoms with Crippen molar-refractivity contribution < 1.29 is 0 Å². The first-order valence-corrected chi connectivity index (χ1v) is 5.91. The molecular weight excluding hydrogens is 180 g/mol. The molecular formula is C10H14N2S. The highest BCUT2D eigenvalue weighted by Crippen LogP contribution is 2.34. The van der Waals surface area contributed by atoms with Crippen LogP contribution in [0.15, 0.2) is 10.6 Å². The maximum atomic E-state index is 8.92. The van der Waals surface area contributed by atoms with Crippen LogP contribution in [0.25, 0.3) is 0 Å². The van der Waals surface area contributed by atoms with Gasteiger partial charge in [-0.3, -0.25) is 0 Å². The zero-order chi connectivity index (χ0) is 9.10. The number of rotatable bonds is 1. The van der Waals surface area contributed by atoms with Crippen molar-refractivity contribution in [3.05, 3.63) is 10.6 Å². The maximum absolute atomic E-state index is 8.92. The van der Waals surface area contributed by atoms with Gasteiger partial charge in [0.15, 0.2) is 0 Å². The quantitative estimate of drug-likeness (QED) is 0.641. The van der Waals surface area contributed by atoms with Gasteiger partial charge in [-0.05, 0) is 25.7 Å². The Kier molecular flexibility index (Phi) is 2.80. The van der Waals surface area contributed by atoms with Crippen LogP contribution in [0.2, 0.25) is 0 Å². The zero-order valence-corrected chi connectivity index (χ0v) is 8.57. The van der Waals surface area contributed by atoms with Gasteiger partial charge in [0, 0.05) is 18.8 Å². The molecule has 2 aliphatic heterocycles. The van der Waals surface area contributed by atoms with Crippen LogP contribution in [-0.4, -0.2) is 23.7 Å². The molecule has 2 heterocycles. The van der Waals surface area contributed by atoms with E-state index in [-0.39, 0.29) is 0 Å². The Hall–Kier alpha value is -0.620. The highest BCUT2D eigenvalue weighted by molar-refractivity contribution is 8.03. The second-order valence-electron chi connectivity index (χ2n) is 3.54. The van der Waals surface area contributed by atoms with Gasteiger partial charge in [0.2, 0.25) is 0 Å². The van der Waals surface area contributed by atoms with Gasteiger partial charge in [-0.1, -0.05) is 0 Å². The molecule has 2 rings (SSSR count). The highest BCUT2D eigenvalue weighted by atomic mass is 32.2. The number of thioether (sulfide) groups is 1. The van der Waals surface area contributed by atoms with E-state index in [2.05, 4.69) is 11.0 Å². The van der Waals surface area contributed by atoms with Crippen LogP contribution in [0.4, 0.5) is 0 Å². The summed E-state index contributed by atoms with van der Waals surface area (Å²) in [6.45, 7) is 2.32. The monoisotopic (exact) mass is 194 g/mol. The fraction of sp³-hybridized carbons (Fsp3) is 0.700. The fourth-order valence-corrected chi connectivity index (χ4v) is 3.11. The number of hydrogen-bond donors (Lipinski definition) is 0. The number of allylic oxidation sites excluding steroid dienone is 1. The Bertz CT molecular complexity index is 259. The topological polar surface area (TPSA) is 27.0 Å². The average Bonchev–Trinajstić information content (AvgIpc) is 2.67. The van der Waals surface area contributed by atoms with Crippen LogP contribution < -0.4 is 0 Å². The third-order valence-electron chi connectivity index (χ3n) is 2.63. The van der Waals surface area contributed by atoms with Crippen molar-refractivity contribution in [2.45, 2.75) is 25.7 Å². The Morgan fingerprint density at radius 1 is 1.23 bits per heavy atom. The molecule has 3 heteroatoms. The molecule has 0 unspecified atom stereocenters. The minimum absolute atomic E-state index is 0.979. The van der Waals surface area contributed by atoms with Crippen molar-refractivity contribution in [2.24, 2.45) is 0 Å². The second kappa shape index (κ2) is 4.06. The predicted molar refractivity (Wildman–Crippen MR) is 55.1 cm³/mol. The van der Waals surface area contributed by atoms with Crippen LogP contribution in [0, 0.1) is 11.3 Å². The smallest absolute Gasteiger partial charge is 0.0974 e. The summed E-state index contributed by atoms with van der Waals surface area (Å²) in [6.07, 6.45) is 4.93. The molecule has 0 radical (unpaired) electrons. The Morgan fingerprint density at radius 3 is 2.69 bits per heavy atom. The van der Waals surface area contributed by atoms with Gasteiger partial charge in [-0.2, -0.15) is 5.26 Å². The molecule has 1 saturated heterocycles. The lowest BCUT2D eigenvalue weighted by Gasteiger charge is -2.29. The van der Waals surface area contributed by atoms with Gasteiger partial charge >= 0.3 is 0 Å². The summed E-state index contributed by atoms with van der Waals surface area (Å²) in [7, 11) is 0. The maximum Gasteiger partial charge on any atom is 0.0974 e. The summed E-state index contributed by atoms with van der Waals surface area (Å²) in [5.41, 5.74) is 1.02. The summed E-state index contributed by atoms with van der Waals surface area (Å²) >= 11 is 1.86. The Labute approximate surface area is 83.6 Å². The van der Waals surface area contributed by atoms with E-state index in [0.29, 0.717) is 0 Å². The van der Waals surface area contributed by atoms with E-state index in [0.717, 1.165) is 30.8 Å². The fourth-order valence-electron chi connectivity index (χ4n) is 1.93. The van der Waals surface area contributed by atoms with Crippen molar-refractivity contribution in [2.75, 3.05) is 18.8 Å². The summed E-state index contributed by atoms with van der Waals surface area (Å²) in [5.74, 6) is 1.11. The third-order valence-corrected chi connectivity index (χ3v) is 3.81. The third kappa shape index (κ3) is 1.83. The molecule has 0 aromatic heterocycles. The molecule has 2 nitrogen and oxygen atoms in total. The van der Waals surface area contributed by atoms with E-state index in [1.54, 1.807) is 0 Å².